The highest BCUT2D eigenvalue weighted by molar-refractivity contribution is 6.32. The number of nitrogens with one attached hydrogen (secondary N) is 1. The van der Waals surface area contributed by atoms with Gasteiger partial charge in [-0.1, -0.05) is 17.7 Å². The van der Waals surface area contributed by atoms with Gasteiger partial charge in [-0.3, -0.25) is 5.10 Å². The van der Waals surface area contributed by atoms with Gasteiger partial charge in [-0.15, -0.1) is 0 Å². The number of hydrogen-bond donors (Lipinski definition) is 2. The fraction of sp³-hybridized carbons (Fsp3) is 0. The molecule has 0 bridgehead atoms. The van der Waals surface area contributed by atoms with Crippen LogP contribution in [-0.4, -0.2) is 20.0 Å². The molecule has 0 aliphatic rings. The highest BCUT2D eigenvalue weighted by Gasteiger charge is 2.07. The molecule has 0 aliphatic heterocycles. The van der Waals surface area contributed by atoms with Gasteiger partial charge in [0.15, 0.2) is 0 Å². The lowest BCUT2D eigenvalue weighted by atomic mass is 10.1. The maximum absolute atomic E-state index is 6.25. The van der Waals surface area contributed by atoms with E-state index in [4.69, 9.17) is 17.3 Å². The molecule has 90 valence electrons. The Hall–Kier alpha value is -2.27. The standard InChI is InChI=1S/C12H10ClN5/c13-9-6-8(10-7-12(14)17-16-10)2-3-11(9)18-5-1-4-15-18/h1-7H,(H3,14,16,17). The Labute approximate surface area is 108 Å². The maximum atomic E-state index is 6.25. The molecule has 5 nitrogen and oxygen atoms in total. The quantitative estimate of drug-likeness (QED) is 0.743. The number of nitrogens with zero attached hydrogens (tertiary/aromatic N) is 3. The summed E-state index contributed by atoms with van der Waals surface area (Å²) in [6.45, 7) is 0. The summed E-state index contributed by atoms with van der Waals surface area (Å²) in [7, 11) is 0. The first kappa shape index (κ1) is 10.9. The summed E-state index contributed by atoms with van der Waals surface area (Å²) >= 11 is 6.25. The Balaban J connectivity index is 2.04. The Kier molecular flexibility index (Phi) is 2.53. The van der Waals surface area contributed by atoms with Gasteiger partial charge in [-0.25, -0.2) is 4.68 Å². The van der Waals surface area contributed by atoms with Crippen LogP contribution >= 0.6 is 11.6 Å². The molecule has 0 atom stereocenters. The van der Waals surface area contributed by atoms with Gasteiger partial charge in [0.2, 0.25) is 0 Å². The van der Waals surface area contributed by atoms with E-state index in [1.54, 1.807) is 16.9 Å². The Morgan fingerprint density at radius 2 is 2.17 bits per heavy atom. The van der Waals surface area contributed by atoms with Crippen LogP contribution < -0.4 is 5.73 Å². The van der Waals surface area contributed by atoms with Crippen LogP contribution in [0.25, 0.3) is 16.9 Å². The van der Waals surface area contributed by atoms with Crippen LogP contribution in [0.2, 0.25) is 5.02 Å². The highest BCUT2D eigenvalue weighted by Crippen LogP contribution is 2.27. The van der Waals surface area contributed by atoms with Crippen LogP contribution in [0.5, 0.6) is 0 Å². The minimum absolute atomic E-state index is 0.456. The van der Waals surface area contributed by atoms with Crippen LogP contribution in [0.4, 0.5) is 5.82 Å². The van der Waals surface area contributed by atoms with Gasteiger partial charge in [0, 0.05) is 24.0 Å². The van der Waals surface area contributed by atoms with Crippen LogP contribution in [0, 0.1) is 0 Å². The molecule has 3 rings (SSSR count). The first-order valence-electron chi connectivity index (χ1n) is 5.35. The van der Waals surface area contributed by atoms with E-state index >= 15 is 0 Å². The third-order valence-electron chi connectivity index (χ3n) is 2.61. The van der Waals surface area contributed by atoms with Crippen molar-refractivity contribution in [1.82, 2.24) is 20.0 Å². The van der Waals surface area contributed by atoms with E-state index in [1.807, 2.05) is 30.5 Å². The third kappa shape index (κ3) is 1.84. The summed E-state index contributed by atoms with van der Waals surface area (Å²) in [5.41, 5.74) is 8.17. The smallest absolute Gasteiger partial charge is 0.145 e. The van der Waals surface area contributed by atoms with Gasteiger partial charge < -0.3 is 5.73 Å². The van der Waals surface area contributed by atoms with E-state index in [2.05, 4.69) is 15.3 Å². The first-order chi connectivity index (χ1) is 8.74. The molecule has 3 N–H and O–H groups in total. The fourth-order valence-electron chi connectivity index (χ4n) is 1.76. The monoisotopic (exact) mass is 259 g/mol. The molecule has 0 aliphatic carbocycles. The zero-order chi connectivity index (χ0) is 12.5. The topological polar surface area (TPSA) is 72.5 Å². The summed E-state index contributed by atoms with van der Waals surface area (Å²) in [4.78, 5) is 0. The molecule has 0 fully saturated rings. The predicted octanol–water partition coefficient (Wildman–Crippen LogP) is 2.50. The summed E-state index contributed by atoms with van der Waals surface area (Å²) in [6, 6.07) is 9.31. The van der Waals surface area contributed by atoms with E-state index in [0.717, 1.165) is 16.9 Å². The zero-order valence-electron chi connectivity index (χ0n) is 9.34. The molecule has 0 saturated heterocycles. The Morgan fingerprint density at radius 1 is 1.28 bits per heavy atom. The average Bonchev–Trinajstić information content (AvgIpc) is 2.99. The molecular formula is C12H10ClN5. The molecule has 0 unspecified atom stereocenters. The maximum Gasteiger partial charge on any atom is 0.145 e. The second-order valence-electron chi connectivity index (χ2n) is 3.82. The van der Waals surface area contributed by atoms with Crippen molar-refractivity contribution in [3.63, 3.8) is 0 Å². The van der Waals surface area contributed by atoms with Crippen LogP contribution in [0.1, 0.15) is 0 Å². The predicted molar refractivity (Wildman–Crippen MR) is 70.6 cm³/mol. The molecule has 0 saturated carbocycles. The highest BCUT2D eigenvalue weighted by atomic mass is 35.5. The van der Waals surface area contributed by atoms with Crippen molar-refractivity contribution in [2.45, 2.75) is 0 Å². The number of H-pyrrole nitrogens is 1. The number of halogens is 1. The van der Waals surface area contributed by atoms with Gasteiger partial charge in [0.1, 0.15) is 5.82 Å². The van der Waals surface area contributed by atoms with E-state index in [1.165, 1.54) is 0 Å². The van der Waals surface area contributed by atoms with Crippen molar-refractivity contribution in [2.24, 2.45) is 0 Å². The number of nitrogens with two attached hydrogens (primary N) is 1. The summed E-state index contributed by atoms with van der Waals surface area (Å²) < 4.78 is 1.72. The SMILES string of the molecule is Nc1cc(-c2ccc(-n3cccn3)c(Cl)c2)[nH]n1. The zero-order valence-corrected chi connectivity index (χ0v) is 10.1. The lowest BCUT2D eigenvalue weighted by Crippen LogP contribution is -1.95. The molecule has 0 amide bonds. The molecule has 0 radical (unpaired) electrons. The number of benzene rings is 1. The van der Waals surface area contributed by atoms with Crippen LogP contribution in [-0.2, 0) is 0 Å². The minimum Gasteiger partial charge on any atom is -0.382 e. The summed E-state index contributed by atoms with van der Waals surface area (Å²) in [5.74, 6) is 0.456. The van der Waals surface area contributed by atoms with Crippen molar-refractivity contribution >= 4 is 17.4 Å². The van der Waals surface area contributed by atoms with Gasteiger partial charge in [-0.05, 0) is 18.2 Å². The number of aromatic nitrogens is 4. The van der Waals surface area contributed by atoms with Crippen molar-refractivity contribution < 1.29 is 0 Å². The number of rotatable bonds is 2. The largest absolute Gasteiger partial charge is 0.382 e. The van der Waals surface area contributed by atoms with Crippen molar-refractivity contribution in [1.29, 1.82) is 0 Å². The van der Waals surface area contributed by atoms with Gasteiger partial charge in [0.05, 0.1) is 16.4 Å². The van der Waals surface area contributed by atoms with Crippen molar-refractivity contribution in [3.05, 3.63) is 47.7 Å². The molecule has 6 heteroatoms. The number of anilines is 1. The third-order valence-corrected chi connectivity index (χ3v) is 2.91. The molecule has 1 aromatic carbocycles. The van der Waals surface area contributed by atoms with Gasteiger partial charge in [-0.2, -0.15) is 10.2 Å². The van der Waals surface area contributed by atoms with E-state index < -0.39 is 0 Å². The van der Waals surface area contributed by atoms with Crippen molar-refractivity contribution in [3.8, 4) is 16.9 Å². The average molecular weight is 260 g/mol. The molecule has 2 heterocycles. The molecule has 0 spiro atoms. The number of nitrogen functional groups attached to an aromatic ring is 1. The summed E-state index contributed by atoms with van der Waals surface area (Å²) in [5, 5.41) is 11.5. The number of aromatic amines is 1. The van der Waals surface area contributed by atoms with Crippen molar-refractivity contribution in [2.75, 3.05) is 5.73 Å². The Morgan fingerprint density at radius 3 is 2.78 bits per heavy atom. The molecule has 3 aromatic rings. The lowest BCUT2D eigenvalue weighted by molar-refractivity contribution is 0.881. The van der Waals surface area contributed by atoms with E-state index in [9.17, 15) is 0 Å². The van der Waals surface area contributed by atoms with E-state index in [-0.39, 0.29) is 0 Å². The lowest BCUT2D eigenvalue weighted by Gasteiger charge is -2.06. The van der Waals surface area contributed by atoms with Crippen LogP contribution in [0.3, 0.4) is 0 Å². The summed E-state index contributed by atoms with van der Waals surface area (Å²) in [6.07, 6.45) is 3.55. The molecular weight excluding hydrogens is 250 g/mol. The minimum atomic E-state index is 0.456. The van der Waals surface area contributed by atoms with Crippen LogP contribution in [0.15, 0.2) is 42.7 Å². The Bertz CT molecular complexity index is 672. The molecule has 18 heavy (non-hydrogen) atoms. The first-order valence-corrected chi connectivity index (χ1v) is 5.72. The molecule has 2 aromatic heterocycles. The van der Waals surface area contributed by atoms with Gasteiger partial charge >= 0.3 is 0 Å². The second kappa shape index (κ2) is 4.19. The number of hydrogen-bond acceptors (Lipinski definition) is 3. The normalized spacial score (nSPS) is 10.7. The van der Waals surface area contributed by atoms with Gasteiger partial charge in [0.25, 0.3) is 0 Å². The fourth-order valence-corrected chi connectivity index (χ4v) is 2.02. The second-order valence-corrected chi connectivity index (χ2v) is 4.23. The van der Waals surface area contributed by atoms with E-state index in [0.29, 0.717) is 10.8 Å².